The Balaban J connectivity index is 2.15. The zero-order valence-corrected chi connectivity index (χ0v) is 8.80. The lowest BCUT2D eigenvalue weighted by molar-refractivity contribution is 1.19. The molecule has 3 heteroatoms. The highest BCUT2D eigenvalue weighted by Gasteiger charge is 2.03. The lowest BCUT2D eigenvalue weighted by Gasteiger charge is -2.01. The van der Waals surface area contributed by atoms with Gasteiger partial charge in [0.25, 0.3) is 0 Å². The molecule has 0 aliphatic rings. The van der Waals surface area contributed by atoms with E-state index in [1.807, 2.05) is 36.4 Å². The molecule has 0 bridgehead atoms. The number of anilines is 1. The van der Waals surface area contributed by atoms with E-state index in [0.29, 0.717) is 5.69 Å². The van der Waals surface area contributed by atoms with Gasteiger partial charge in [-0.15, -0.1) is 0 Å². The number of nitrogens with two attached hydrogens (primary N) is 1. The van der Waals surface area contributed by atoms with Gasteiger partial charge < -0.3 is 5.73 Å². The van der Waals surface area contributed by atoms with Gasteiger partial charge in [0.1, 0.15) is 0 Å². The molecule has 0 fully saturated rings. The molecule has 0 heterocycles. The van der Waals surface area contributed by atoms with E-state index in [1.165, 1.54) is 11.1 Å². The molecule has 0 amide bonds. The molecular weight excluding hydrogens is 198 g/mol. The van der Waals surface area contributed by atoms with E-state index in [-0.39, 0.29) is 0 Å². The fourth-order valence-corrected chi connectivity index (χ4v) is 1.55. The van der Waals surface area contributed by atoms with Crippen LogP contribution in [0.3, 0.4) is 0 Å². The number of nitrogens with zero attached hydrogens (tertiary/aromatic N) is 2. The molecule has 0 unspecified atom stereocenters. The predicted molar refractivity (Wildman–Crippen MR) is 64.8 cm³/mol. The molecule has 0 saturated heterocycles. The van der Waals surface area contributed by atoms with Gasteiger partial charge in [-0.1, -0.05) is 24.3 Å². The molecule has 2 aromatic rings. The average molecular weight is 210 g/mol. The summed E-state index contributed by atoms with van der Waals surface area (Å²) in [5, 5.41) is 8.56. The first-order chi connectivity index (χ1) is 7.78. The number of diazo groups is 1. The Kier molecular flexibility index (Phi) is 2.84. The second-order valence-corrected chi connectivity index (χ2v) is 3.68. The van der Waals surface area contributed by atoms with Crippen LogP contribution in [0.25, 0.3) is 4.98 Å². The van der Waals surface area contributed by atoms with Crippen molar-refractivity contribution in [3.05, 3.63) is 64.6 Å². The molecule has 0 aliphatic heterocycles. The Bertz CT molecular complexity index is 506. The van der Waals surface area contributed by atoms with Gasteiger partial charge in [0.15, 0.2) is 4.98 Å². The second-order valence-electron chi connectivity index (χ2n) is 3.68. The van der Waals surface area contributed by atoms with Gasteiger partial charge in [0, 0.05) is 17.8 Å². The third kappa shape index (κ3) is 2.37. The van der Waals surface area contributed by atoms with Gasteiger partial charge in [-0.2, -0.15) is 0 Å². The van der Waals surface area contributed by atoms with E-state index in [1.54, 1.807) is 12.1 Å². The van der Waals surface area contributed by atoms with E-state index >= 15 is 0 Å². The molecule has 0 radical (unpaired) electrons. The van der Waals surface area contributed by atoms with Crippen LogP contribution in [0.5, 0.6) is 0 Å². The molecule has 0 aromatic heterocycles. The summed E-state index contributed by atoms with van der Waals surface area (Å²) in [5.41, 5.74) is 9.35. The molecule has 3 nitrogen and oxygen atoms in total. The monoisotopic (exact) mass is 210 g/mol. The lowest BCUT2D eigenvalue weighted by Crippen LogP contribution is -1.89. The molecule has 0 spiro atoms. The Morgan fingerprint density at radius 2 is 1.38 bits per heavy atom. The highest BCUT2D eigenvalue weighted by atomic mass is 14.8. The second kappa shape index (κ2) is 4.45. The predicted octanol–water partition coefficient (Wildman–Crippen LogP) is 3.34. The van der Waals surface area contributed by atoms with E-state index in [9.17, 15) is 0 Å². The molecule has 2 N–H and O–H groups in total. The molecule has 2 rings (SSSR count). The topological polar surface area (TPSA) is 54.2 Å². The van der Waals surface area contributed by atoms with Crippen molar-refractivity contribution in [1.82, 2.24) is 0 Å². The largest absolute Gasteiger partial charge is 0.399 e. The molecule has 0 saturated carbocycles. The van der Waals surface area contributed by atoms with Crippen LogP contribution < -0.4 is 5.73 Å². The molecule has 0 atom stereocenters. The van der Waals surface area contributed by atoms with E-state index in [0.717, 1.165) is 12.1 Å². The zero-order chi connectivity index (χ0) is 11.4. The molecule has 0 aliphatic carbocycles. The van der Waals surface area contributed by atoms with E-state index in [2.05, 4.69) is 4.98 Å². The van der Waals surface area contributed by atoms with Crippen molar-refractivity contribution in [2.45, 2.75) is 6.42 Å². The third-order valence-corrected chi connectivity index (χ3v) is 2.44. The minimum absolute atomic E-state index is 0.570. The summed E-state index contributed by atoms with van der Waals surface area (Å²) < 4.78 is 0. The molecule has 78 valence electrons. The Labute approximate surface area is 94.2 Å². The summed E-state index contributed by atoms with van der Waals surface area (Å²) in [7, 11) is 0. The fourth-order valence-electron chi connectivity index (χ4n) is 1.55. The van der Waals surface area contributed by atoms with Crippen LogP contribution in [0.1, 0.15) is 11.1 Å². The summed E-state index contributed by atoms with van der Waals surface area (Å²) in [5.74, 6) is 0. The van der Waals surface area contributed by atoms with Crippen molar-refractivity contribution in [2.24, 2.45) is 0 Å². The normalized spacial score (nSPS) is 9.69. The first-order valence-corrected chi connectivity index (χ1v) is 5.06. The van der Waals surface area contributed by atoms with Gasteiger partial charge in [-0.05, 0) is 29.7 Å². The zero-order valence-electron chi connectivity index (χ0n) is 8.80. The van der Waals surface area contributed by atoms with E-state index in [4.69, 9.17) is 11.1 Å². The van der Waals surface area contributed by atoms with Crippen LogP contribution in [0.2, 0.25) is 0 Å². The summed E-state index contributed by atoms with van der Waals surface area (Å²) in [6, 6.07) is 15.3. The highest BCUT2D eigenvalue weighted by molar-refractivity contribution is 5.46. The third-order valence-electron chi connectivity index (χ3n) is 2.44. The van der Waals surface area contributed by atoms with Gasteiger partial charge >= 0.3 is 5.69 Å². The SMILES string of the molecule is N#[N+]c1ccc(Cc2ccc(N)cc2)cc1. The van der Waals surface area contributed by atoms with Gasteiger partial charge in [0.2, 0.25) is 5.39 Å². The maximum atomic E-state index is 8.56. The molecule has 2 aromatic carbocycles. The van der Waals surface area contributed by atoms with Gasteiger partial charge in [-0.25, -0.2) is 0 Å². The van der Waals surface area contributed by atoms with Crippen molar-refractivity contribution in [3.8, 4) is 0 Å². The first kappa shape index (κ1) is 10.2. The van der Waals surface area contributed by atoms with Crippen LogP contribution in [0.4, 0.5) is 11.4 Å². The summed E-state index contributed by atoms with van der Waals surface area (Å²) >= 11 is 0. The van der Waals surface area contributed by atoms with E-state index < -0.39 is 0 Å². The minimum Gasteiger partial charge on any atom is -0.399 e. The number of benzene rings is 2. The van der Waals surface area contributed by atoms with Gasteiger partial charge in [-0.3, -0.25) is 0 Å². The smallest absolute Gasteiger partial charge is 0.385 e. The van der Waals surface area contributed by atoms with Crippen molar-refractivity contribution in [2.75, 3.05) is 5.73 Å². The van der Waals surface area contributed by atoms with Crippen molar-refractivity contribution in [3.63, 3.8) is 0 Å². The Morgan fingerprint density at radius 3 is 1.88 bits per heavy atom. The summed E-state index contributed by atoms with van der Waals surface area (Å²) in [6.07, 6.45) is 0.853. The lowest BCUT2D eigenvalue weighted by atomic mass is 10.0. The average Bonchev–Trinajstić information content (AvgIpc) is 2.33. The minimum atomic E-state index is 0.570. The summed E-state index contributed by atoms with van der Waals surface area (Å²) in [4.78, 5) is 3.11. The van der Waals surface area contributed by atoms with Crippen molar-refractivity contribution < 1.29 is 0 Å². The first-order valence-electron chi connectivity index (χ1n) is 5.06. The Morgan fingerprint density at radius 1 is 0.875 bits per heavy atom. The number of hydrogen-bond donors (Lipinski definition) is 1. The van der Waals surface area contributed by atoms with Crippen LogP contribution in [0, 0.1) is 5.39 Å². The number of nitrogen functional groups attached to an aromatic ring is 1. The van der Waals surface area contributed by atoms with Crippen LogP contribution in [-0.4, -0.2) is 0 Å². The van der Waals surface area contributed by atoms with Crippen molar-refractivity contribution in [1.29, 1.82) is 5.39 Å². The van der Waals surface area contributed by atoms with Gasteiger partial charge in [0.05, 0.1) is 0 Å². The molecular formula is C13H12N3+. The van der Waals surface area contributed by atoms with Crippen LogP contribution in [0.15, 0.2) is 48.5 Å². The maximum Gasteiger partial charge on any atom is 0.385 e. The quantitative estimate of drug-likeness (QED) is 0.610. The maximum absolute atomic E-state index is 8.56. The Hall–Kier alpha value is -2.34. The number of rotatable bonds is 2. The summed E-state index contributed by atoms with van der Waals surface area (Å²) in [6.45, 7) is 0. The fraction of sp³-hybridized carbons (Fsp3) is 0.0769. The molecule has 16 heavy (non-hydrogen) atoms. The van der Waals surface area contributed by atoms with Crippen molar-refractivity contribution >= 4 is 11.4 Å². The standard InChI is InChI=1S/C13H12N3/c14-12-5-1-10(2-6-12)9-11-3-7-13(16-15)8-4-11/h1-8H,9,14H2/q+1. The number of hydrogen-bond acceptors (Lipinski definition) is 2. The highest BCUT2D eigenvalue weighted by Crippen LogP contribution is 2.16. The van der Waals surface area contributed by atoms with Crippen LogP contribution >= 0.6 is 0 Å². The van der Waals surface area contributed by atoms with Crippen LogP contribution in [-0.2, 0) is 6.42 Å².